The summed E-state index contributed by atoms with van der Waals surface area (Å²) in [6.07, 6.45) is 3.74. The fraction of sp³-hybridized carbons (Fsp3) is 0.0500. The number of nitrogens with zero attached hydrogens (tertiary/aromatic N) is 5. The van der Waals surface area contributed by atoms with Crippen molar-refractivity contribution >= 4 is 47.0 Å². The van der Waals surface area contributed by atoms with Crippen molar-refractivity contribution in [1.82, 2.24) is 30.4 Å². The van der Waals surface area contributed by atoms with Crippen LogP contribution < -0.4 is 10.9 Å². The number of aromatic nitrogens is 6. The Morgan fingerprint density at radius 3 is 2.70 bits per heavy atom. The number of halogens is 2. The number of aromatic amines is 1. The minimum atomic E-state index is -0.568. The zero-order valence-electron chi connectivity index (χ0n) is 15.3. The van der Waals surface area contributed by atoms with Gasteiger partial charge in [-0.05, 0) is 34.2 Å². The van der Waals surface area contributed by atoms with Crippen LogP contribution in [0.5, 0.6) is 0 Å². The molecule has 0 saturated heterocycles. The predicted octanol–water partition coefficient (Wildman–Crippen LogP) is 3.93. The van der Waals surface area contributed by atoms with E-state index in [9.17, 15) is 4.79 Å². The lowest BCUT2D eigenvalue weighted by Crippen LogP contribution is -2.29. The highest BCUT2D eigenvalue weighted by Gasteiger charge is 2.34. The van der Waals surface area contributed by atoms with Crippen LogP contribution in [0.1, 0.15) is 28.4 Å². The van der Waals surface area contributed by atoms with Crippen molar-refractivity contribution < 1.29 is 0 Å². The van der Waals surface area contributed by atoms with Gasteiger partial charge in [-0.1, -0.05) is 70.8 Å². The Kier molecular flexibility index (Phi) is 4.57. The Bertz CT molecular complexity index is 1330. The smallest absolute Gasteiger partial charge is 0.288 e. The maximum Gasteiger partial charge on any atom is 0.288 e. The van der Waals surface area contributed by atoms with Gasteiger partial charge < -0.3 is 5.32 Å². The standard InChI is InChI=1S/C20H13Cl2N7O/c21-12-7-8-13(14(22)10-12)18-16-15(9-6-11-4-2-1-3-5-11)24-25-19(30)17(16)23-20-26-27-28-29(18)20/h1-10,18H,(H,25,30)(H,23,26,28)/b9-6+/t18-/m0/s1. The van der Waals surface area contributed by atoms with Gasteiger partial charge >= 0.3 is 0 Å². The lowest BCUT2D eigenvalue weighted by molar-refractivity contribution is 0.565. The van der Waals surface area contributed by atoms with E-state index in [4.69, 9.17) is 23.2 Å². The summed E-state index contributed by atoms with van der Waals surface area (Å²) in [6, 6.07) is 14.4. The second kappa shape index (κ2) is 7.40. The fourth-order valence-corrected chi connectivity index (χ4v) is 3.95. The van der Waals surface area contributed by atoms with E-state index >= 15 is 0 Å². The molecule has 4 aromatic rings. The Morgan fingerprint density at radius 2 is 1.90 bits per heavy atom. The zero-order valence-corrected chi connectivity index (χ0v) is 16.8. The minimum Gasteiger partial charge on any atom is -0.318 e. The molecule has 30 heavy (non-hydrogen) atoms. The minimum absolute atomic E-state index is 0.316. The monoisotopic (exact) mass is 437 g/mol. The Morgan fingerprint density at radius 1 is 1.07 bits per heavy atom. The average Bonchev–Trinajstić information content (AvgIpc) is 3.22. The molecule has 148 valence electrons. The molecule has 8 nitrogen and oxygen atoms in total. The summed E-state index contributed by atoms with van der Waals surface area (Å²) in [5.74, 6) is 0.327. The Hall–Kier alpha value is -3.49. The first-order valence-corrected chi connectivity index (χ1v) is 9.73. The van der Waals surface area contributed by atoms with Crippen molar-refractivity contribution in [2.24, 2.45) is 0 Å². The summed E-state index contributed by atoms with van der Waals surface area (Å²) >= 11 is 12.6. The Balaban J connectivity index is 1.74. The molecule has 3 heterocycles. The van der Waals surface area contributed by atoms with E-state index < -0.39 is 6.04 Å². The van der Waals surface area contributed by atoms with Gasteiger partial charge in [-0.3, -0.25) is 4.79 Å². The van der Waals surface area contributed by atoms with E-state index in [1.165, 1.54) is 0 Å². The van der Waals surface area contributed by atoms with Crippen molar-refractivity contribution in [2.45, 2.75) is 6.04 Å². The van der Waals surface area contributed by atoms with Crippen LogP contribution in [0.3, 0.4) is 0 Å². The summed E-state index contributed by atoms with van der Waals surface area (Å²) in [4.78, 5) is 12.6. The molecule has 2 N–H and O–H groups in total. The highest BCUT2D eigenvalue weighted by Crippen LogP contribution is 2.41. The van der Waals surface area contributed by atoms with Crippen LogP contribution in [0.4, 0.5) is 11.6 Å². The van der Waals surface area contributed by atoms with Gasteiger partial charge in [0, 0.05) is 21.2 Å². The van der Waals surface area contributed by atoms with Crippen LogP contribution >= 0.6 is 23.2 Å². The number of H-pyrrole nitrogens is 1. The number of hydrogen-bond acceptors (Lipinski definition) is 6. The highest BCUT2D eigenvalue weighted by atomic mass is 35.5. The van der Waals surface area contributed by atoms with E-state index in [0.717, 1.165) is 5.56 Å². The van der Waals surface area contributed by atoms with Gasteiger partial charge in [-0.2, -0.15) is 9.78 Å². The third kappa shape index (κ3) is 3.16. The third-order valence-corrected chi connectivity index (χ3v) is 5.35. The first kappa shape index (κ1) is 18.5. The zero-order chi connectivity index (χ0) is 20.7. The van der Waals surface area contributed by atoms with E-state index in [1.54, 1.807) is 22.9 Å². The van der Waals surface area contributed by atoms with Crippen molar-refractivity contribution in [1.29, 1.82) is 0 Å². The van der Waals surface area contributed by atoms with Gasteiger partial charge in [-0.15, -0.1) is 0 Å². The molecular formula is C20H13Cl2N7O. The maximum atomic E-state index is 12.6. The number of tetrazole rings is 1. The first-order valence-electron chi connectivity index (χ1n) is 8.97. The van der Waals surface area contributed by atoms with Crippen LogP contribution in [0, 0.1) is 0 Å². The van der Waals surface area contributed by atoms with Gasteiger partial charge in [0.1, 0.15) is 11.7 Å². The molecule has 5 rings (SSSR count). The van der Waals surface area contributed by atoms with E-state index in [1.807, 2.05) is 42.5 Å². The van der Waals surface area contributed by atoms with Gasteiger partial charge in [-0.25, -0.2) is 5.10 Å². The quantitative estimate of drug-likeness (QED) is 0.443. The molecule has 0 fully saturated rings. The topological polar surface area (TPSA) is 101 Å². The van der Waals surface area contributed by atoms with Crippen molar-refractivity contribution in [2.75, 3.05) is 5.32 Å². The summed E-state index contributed by atoms with van der Waals surface area (Å²) in [6.45, 7) is 0. The molecule has 1 atom stereocenters. The van der Waals surface area contributed by atoms with Gasteiger partial charge in [0.05, 0.1) is 5.69 Å². The Labute approximate surface area is 180 Å². The first-order chi connectivity index (χ1) is 14.6. The fourth-order valence-electron chi connectivity index (χ4n) is 3.44. The molecule has 2 aromatic heterocycles. The number of fused-ring (bicyclic) bond motifs is 2. The predicted molar refractivity (Wildman–Crippen MR) is 115 cm³/mol. The molecule has 1 aliphatic heterocycles. The SMILES string of the molecule is O=c1[nH]nc(/C=C/c2ccccc2)c2c1Nc1nnnn1[C@H]2c1ccc(Cl)cc1Cl. The van der Waals surface area contributed by atoms with E-state index in [0.29, 0.717) is 38.5 Å². The third-order valence-electron chi connectivity index (χ3n) is 4.79. The summed E-state index contributed by atoms with van der Waals surface area (Å²) in [5.41, 5.74) is 2.78. The van der Waals surface area contributed by atoms with Gasteiger partial charge in [0.25, 0.3) is 5.56 Å². The average molecular weight is 438 g/mol. The van der Waals surface area contributed by atoms with Crippen LogP contribution in [0.15, 0.2) is 53.3 Å². The summed E-state index contributed by atoms with van der Waals surface area (Å²) < 4.78 is 1.57. The molecule has 1 aliphatic rings. The second-order valence-electron chi connectivity index (χ2n) is 6.61. The normalized spacial score (nSPS) is 14.9. The van der Waals surface area contributed by atoms with Crippen molar-refractivity contribution in [3.63, 3.8) is 0 Å². The van der Waals surface area contributed by atoms with E-state index in [-0.39, 0.29) is 5.56 Å². The molecule has 10 heteroatoms. The number of nitrogens with one attached hydrogen (secondary N) is 2. The second-order valence-corrected chi connectivity index (χ2v) is 7.45. The molecule has 0 spiro atoms. The molecule has 0 amide bonds. The lowest BCUT2D eigenvalue weighted by atomic mass is 9.94. The van der Waals surface area contributed by atoms with Crippen LogP contribution in [-0.4, -0.2) is 30.4 Å². The number of anilines is 2. The molecule has 0 unspecified atom stereocenters. The van der Waals surface area contributed by atoms with E-state index in [2.05, 4.69) is 31.0 Å². The van der Waals surface area contributed by atoms with Crippen LogP contribution in [0.2, 0.25) is 10.0 Å². The van der Waals surface area contributed by atoms with Crippen molar-refractivity contribution in [3.8, 4) is 0 Å². The molecule has 2 aromatic carbocycles. The van der Waals surface area contributed by atoms with Crippen molar-refractivity contribution in [3.05, 3.63) is 91.3 Å². The molecule has 0 aliphatic carbocycles. The largest absolute Gasteiger partial charge is 0.318 e. The number of rotatable bonds is 3. The van der Waals surface area contributed by atoms with Crippen LogP contribution in [0.25, 0.3) is 12.2 Å². The molecule has 0 bridgehead atoms. The summed E-state index contributed by atoms with van der Waals surface area (Å²) in [7, 11) is 0. The number of hydrogen-bond donors (Lipinski definition) is 2. The molecule has 0 saturated carbocycles. The lowest BCUT2D eigenvalue weighted by Gasteiger charge is -2.27. The number of benzene rings is 2. The molecular weight excluding hydrogens is 425 g/mol. The maximum absolute atomic E-state index is 12.6. The van der Waals surface area contributed by atoms with Gasteiger partial charge in [0.15, 0.2) is 0 Å². The highest BCUT2D eigenvalue weighted by molar-refractivity contribution is 6.35. The summed E-state index contributed by atoms with van der Waals surface area (Å²) in [5, 5.41) is 22.6. The molecule has 0 radical (unpaired) electrons. The van der Waals surface area contributed by atoms with Gasteiger partial charge in [0.2, 0.25) is 5.95 Å². The van der Waals surface area contributed by atoms with Crippen LogP contribution in [-0.2, 0) is 0 Å².